The molecule has 126 valence electrons. The second kappa shape index (κ2) is 7.33. The van der Waals surface area contributed by atoms with Crippen LogP contribution in [0.1, 0.15) is 16.8 Å². The summed E-state index contributed by atoms with van der Waals surface area (Å²) in [7, 11) is 3.83. The minimum absolute atomic E-state index is 0.0465. The van der Waals surface area contributed by atoms with E-state index in [1.807, 2.05) is 60.3 Å². The lowest BCUT2D eigenvalue weighted by Gasteiger charge is -2.18. The fourth-order valence-corrected chi connectivity index (χ4v) is 3.22. The molecule has 0 aliphatic carbocycles. The molecular weight excluding hydrogens is 419 g/mol. The summed E-state index contributed by atoms with van der Waals surface area (Å²) in [4.78, 5) is 16.3. The summed E-state index contributed by atoms with van der Waals surface area (Å²) >= 11 is 2.19. The van der Waals surface area contributed by atoms with Crippen LogP contribution in [0.15, 0.2) is 36.4 Å². The van der Waals surface area contributed by atoms with Gasteiger partial charge in [0, 0.05) is 36.7 Å². The molecule has 6 nitrogen and oxygen atoms in total. The first-order valence-corrected chi connectivity index (χ1v) is 8.84. The average molecular weight is 438 g/mol. The van der Waals surface area contributed by atoms with Crippen molar-refractivity contribution < 1.29 is 9.53 Å². The molecule has 3 rings (SSSR count). The van der Waals surface area contributed by atoms with Gasteiger partial charge in [0.2, 0.25) is 5.88 Å². The molecule has 24 heavy (non-hydrogen) atoms. The van der Waals surface area contributed by atoms with Gasteiger partial charge in [-0.3, -0.25) is 4.79 Å². The van der Waals surface area contributed by atoms with E-state index in [9.17, 15) is 4.79 Å². The molecule has 1 unspecified atom stereocenters. The molecule has 1 fully saturated rings. The fraction of sp³-hybridized carbons (Fsp3) is 0.353. The Labute approximate surface area is 155 Å². The summed E-state index contributed by atoms with van der Waals surface area (Å²) in [5.41, 5.74) is 0.744. The fourth-order valence-electron chi connectivity index (χ4n) is 2.60. The SMILES string of the molecule is CN(C)c1ccc(OC2CCN(C(=O)c3ccccc3I)C2)nn1. The highest BCUT2D eigenvalue weighted by Gasteiger charge is 2.29. The molecule has 7 heteroatoms. The topological polar surface area (TPSA) is 58.6 Å². The van der Waals surface area contributed by atoms with Crippen molar-refractivity contribution >= 4 is 34.3 Å². The molecule has 0 radical (unpaired) electrons. The molecule has 0 N–H and O–H groups in total. The number of aromatic nitrogens is 2. The zero-order chi connectivity index (χ0) is 17.1. The predicted octanol–water partition coefficient (Wildman–Crippen LogP) is 2.44. The van der Waals surface area contributed by atoms with Crippen LogP contribution in [0.3, 0.4) is 0 Å². The van der Waals surface area contributed by atoms with Crippen molar-refractivity contribution in [1.82, 2.24) is 15.1 Å². The molecule has 0 saturated carbocycles. The Hall–Kier alpha value is -1.90. The lowest BCUT2D eigenvalue weighted by atomic mass is 10.2. The maximum absolute atomic E-state index is 12.6. The number of benzene rings is 1. The number of likely N-dealkylation sites (tertiary alicyclic amines) is 1. The third-order valence-corrected chi connectivity index (χ3v) is 4.85. The number of hydrogen-bond donors (Lipinski definition) is 0. The van der Waals surface area contributed by atoms with E-state index in [1.165, 1.54) is 0 Å². The van der Waals surface area contributed by atoms with Crippen molar-refractivity contribution in [1.29, 1.82) is 0 Å². The van der Waals surface area contributed by atoms with Gasteiger partial charge < -0.3 is 14.5 Å². The van der Waals surface area contributed by atoms with Crippen LogP contribution in [-0.2, 0) is 0 Å². The lowest BCUT2D eigenvalue weighted by Crippen LogP contribution is -2.31. The van der Waals surface area contributed by atoms with Gasteiger partial charge >= 0.3 is 0 Å². The standard InChI is InChI=1S/C17H19IN4O2/c1-21(2)15-7-8-16(20-19-15)24-12-9-10-22(11-12)17(23)13-5-3-4-6-14(13)18/h3-8,12H,9-11H2,1-2H3. The first kappa shape index (κ1) is 16.9. The number of ether oxygens (including phenoxy) is 1. The number of halogens is 1. The highest BCUT2D eigenvalue weighted by molar-refractivity contribution is 14.1. The van der Waals surface area contributed by atoms with Gasteiger partial charge in [0.15, 0.2) is 5.82 Å². The Bertz CT molecular complexity index is 721. The largest absolute Gasteiger partial charge is 0.471 e. The number of anilines is 1. The first-order valence-electron chi connectivity index (χ1n) is 7.76. The Kier molecular flexibility index (Phi) is 5.17. The Morgan fingerprint density at radius 1 is 1.25 bits per heavy atom. The van der Waals surface area contributed by atoms with Gasteiger partial charge in [-0.15, -0.1) is 10.2 Å². The average Bonchev–Trinajstić information content (AvgIpc) is 3.04. The summed E-state index contributed by atoms with van der Waals surface area (Å²) in [5, 5.41) is 8.19. The zero-order valence-electron chi connectivity index (χ0n) is 13.6. The summed E-state index contributed by atoms with van der Waals surface area (Å²) in [6.45, 7) is 1.26. The second-order valence-corrected chi connectivity index (χ2v) is 7.05. The molecule has 1 aliphatic heterocycles. The van der Waals surface area contributed by atoms with E-state index in [2.05, 4.69) is 32.8 Å². The minimum atomic E-state index is -0.0465. The van der Waals surface area contributed by atoms with E-state index < -0.39 is 0 Å². The van der Waals surface area contributed by atoms with Gasteiger partial charge in [-0.2, -0.15) is 0 Å². The van der Waals surface area contributed by atoms with Gasteiger partial charge in [-0.1, -0.05) is 12.1 Å². The molecule has 1 aliphatic rings. The molecule has 2 aromatic rings. The number of hydrogen-bond acceptors (Lipinski definition) is 5. The summed E-state index contributed by atoms with van der Waals surface area (Å²) in [6.07, 6.45) is 0.751. The summed E-state index contributed by atoms with van der Waals surface area (Å²) in [5.74, 6) is 1.33. The van der Waals surface area contributed by atoms with Crippen LogP contribution in [0.2, 0.25) is 0 Å². The number of nitrogens with zero attached hydrogens (tertiary/aromatic N) is 4. The lowest BCUT2D eigenvalue weighted by molar-refractivity contribution is 0.0770. The van der Waals surface area contributed by atoms with Gasteiger partial charge in [0.25, 0.3) is 5.91 Å². The van der Waals surface area contributed by atoms with Crippen molar-refractivity contribution in [2.45, 2.75) is 12.5 Å². The van der Waals surface area contributed by atoms with E-state index >= 15 is 0 Å². The van der Waals surface area contributed by atoms with Crippen LogP contribution in [0.5, 0.6) is 5.88 Å². The van der Waals surface area contributed by atoms with Gasteiger partial charge in [-0.25, -0.2) is 0 Å². The van der Waals surface area contributed by atoms with Crippen molar-refractivity contribution in [2.24, 2.45) is 0 Å². The van der Waals surface area contributed by atoms with E-state index in [0.717, 1.165) is 21.4 Å². The highest BCUT2D eigenvalue weighted by Crippen LogP contribution is 2.21. The molecule has 1 saturated heterocycles. The third-order valence-electron chi connectivity index (χ3n) is 3.91. The Balaban J connectivity index is 1.61. The van der Waals surface area contributed by atoms with Crippen molar-refractivity contribution in [3.05, 3.63) is 45.5 Å². The molecule has 1 aromatic heterocycles. The smallest absolute Gasteiger partial charge is 0.255 e. The highest BCUT2D eigenvalue weighted by atomic mass is 127. The van der Waals surface area contributed by atoms with Gasteiger partial charge in [0.1, 0.15) is 6.10 Å². The van der Waals surface area contributed by atoms with Crippen LogP contribution in [0, 0.1) is 3.57 Å². The third kappa shape index (κ3) is 3.77. The van der Waals surface area contributed by atoms with Crippen LogP contribution in [0.25, 0.3) is 0 Å². The molecule has 0 bridgehead atoms. The Morgan fingerprint density at radius 2 is 2.04 bits per heavy atom. The molecule has 1 amide bonds. The second-order valence-electron chi connectivity index (χ2n) is 5.88. The molecule has 0 spiro atoms. The normalized spacial score (nSPS) is 17.0. The summed E-state index contributed by atoms with van der Waals surface area (Å²) < 4.78 is 6.84. The maximum Gasteiger partial charge on any atom is 0.255 e. The number of amides is 1. The van der Waals surface area contributed by atoms with Gasteiger partial charge in [0.05, 0.1) is 12.1 Å². The van der Waals surface area contributed by atoms with E-state index in [1.54, 1.807) is 0 Å². The van der Waals surface area contributed by atoms with Crippen LogP contribution in [0.4, 0.5) is 5.82 Å². The first-order chi connectivity index (χ1) is 11.5. The van der Waals surface area contributed by atoms with E-state index in [-0.39, 0.29) is 12.0 Å². The predicted molar refractivity (Wildman–Crippen MR) is 100 cm³/mol. The van der Waals surface area contributed by atoms with Crippen molar-refractivity contribution in [3.8, 4) is 5.88 Å². The number of carbonyl (C=O) groups excluding carboxylic acids is 1. The van der Waals surface area contributed by atoms with E-state index in [0.29, 0.717) is 19.0 Å². The Morgan fingerprint density at radius 3 is 2.71 bits per heavy atom. The maximum atomic E-state index is 12.6. The monoisotopic (exact) mass is 438 g/mol. The van der Waals surface area contributed by atoms with E-state index in [4.69, 9.17) is 4.74 Å². The quantitative estimate of drug-likeness (QED) is 0.687. The van der Waals surface area contributed by atoms with Crippen LogP contribution >= 0.6 is 22.6 Å². The van der Waals surface area contributed by atoms with Crippen LogP contribution < -0.4 is 9.64 Å². The van der Waals surface area contributed by atoms with Crippen molar-refractivity contribution in [3.63, 3.8) is 0 Å². The molecule has 1 aromatic carbocycles. The minimum Gasteiger partial charge on any atom is -0.471 e. The molecule has 1 atom stereocenters. The van der Waals surface area contributed by atoms with Crippen LogP contribution in [-0.4, -0.2) is 54.3 Å². The molecular formula is C17H19IN4O2. The number of rotatable bonds is 4. The zero-order valence-corrected chi connectivity index (χ0v) is 15.8. The molecule has 2 heterocycles. The summed E-state index contributed by atoms with van der Waals surface area (Å²) in [6, 6.07) is 11.3. The number of carbonyl (C=O) groups is 1. The van der Waals surface area contributed by atoms with Gasteiger partial charge in [-0.05, 0) is 40.8 Å². The van der Waals surface area contributed by atoms with Crippen molar-refractivity contribution in [2.75, 3.05) is 32.1 Å².